The van der Waals surface area contributed by atoms with E-state index >= 15 is 0 Å². The quantitative estimate of drug-likeness (QED) is 0.775. The summed E-state index contributed by atoms with van der Waals surface area (Å²) < 4.78 is 1.83. The van der Waals surface area contributed by atoms with Crippen molar-refractivity contribution in [2.45, 2.75) is 31.8 Å². The fourth-order valence-electron chi connectivity index (χ4n) is 4.11. The molecule has 1 aromatic rings. The van der Waals surface area contributed by atoms with E-state index in [4.69, 9.17) is 0 Å². The summed E-state index contributed by atoms with van der Waals surface area (Å²) in [5.41, 5.74) is 0.0497. The number of nitrogens with zero attached hydrogens (tertiary/aromatic N) is 4. The maximum atomic E-state index is 13.3. The lowest BCUT2D eigenvalue weighted by molar-refractivity contribution is -0.152. The van der Waals surface area contributed by atoms with Crippen LogP contribution in [0.25, 0.3) is 0 Å². The highest BCUT2D eigenvalue weighted by Gasteiger charge is 2.54. The van der Waals surface area contributed by atoms with Crippen LogP contribution >= 0.6 is 0 Å². The maximum Gasteiger partial charge on any atom is 0.270 e. The molecule has 0 unspecified atom stereocenters. The van der Waals surface area contributed by atoms with E-state index in [1.54, 1.807) is 0 Å². The zero-order valence-electron chi connectivity index (χ0n) is 15.4. The van der Waals surface area contributed by atoms with Crippen molar-refractivity contribution in [3.63, 3.8) is 0 Å². The molecule has 2 fully saturated rings. The minimum Gasteiger partial charge on any atom is -0.347 e. The van der Waals surface area contributed by atoms with E-state index in [1.807, 2.05) is 45.8 Å². The number of piperazine rings is 1. The van der Waals surface area contributed by atoms with Crippen LogP contribution in [0.4, 0.5) is 0 Å². The molecule has 0 radical (unpaired) electrons. The summed E-state index contributed by atoms with van der Waals surface area (Å²) in [7, 11) is 1.87. The van der Waals surface area contributed by atoms with E-state index < -0.39 is 5.54 Å². The number of amides is 2. The van der Waals surface area contributed by atoms with Crippen LogP contribution in [0, 0.1) is 0 Å². The van der Waals surface area contributed by atoms with Crippen LogP contribution < -0.4 is 0 Å². The lowest BCUT2D eigenvalue weighted by Gasteiger charge is -2.48. The molecular weight excluding hydrogens is 316 g/mol. The molecule has 6 nitrogen and oxygen atoms in total. The van der Waals surface area contributed by atoms with Gasteiger partial charge in [-0.25, -0.2) is 0 Å². The van der Waals surface area contributed by atoms with Gasteiger partial charge in [0.15, 0.2) is 0 Å². The van der Waals surface area contributed by atoms with Crippen LogP contribution in [-0.4, -0.2) is 75.4 Å². The van der Waals surface area contributed by atoms with Crippen LogP contribution in [0.2, 0.25) is 0 Å². The van der Waals surface area contributed by atoms with Gasteiger partial charge in [-0.05, 0) is 32.4 Å². The van der Waals surface area contributed by atoms with E-state index in [9.17, 15) is 9.59 Å². The predicted molar refractivity (Wildman–Crippen MR) is 97.3 cm³/mol. The zero-order valence-corrected chi connectivity index (χ0v) is 15.4. The summed E-state index contributed by atoms with van der Waals surface area (Å²) >= 11 is 0. The number of hydrogen-bond donors (Lipinski definition) is 0. The van der Waals surface area contributed by atoms with E-state index in [1.165, 1.54) is 0 Å². The van der Waals surface area contributed by atoms with Crippen LogP contribution in [-0.2, 0) is 11.8 Å². The minimum absolute atomic E-state index is 0.00241. The molecule has 2 amide bonds. The molecule has 136 valence electrons. The number of carbonyl (C=O) groups is 2. The van der Waals surface area contributed by atoms with Crippen molar-refractivity contribution in [2.75, 3.05) is 32.7 Å². The highest BCUT2D eigenvalue weighted by Crippen LogP contribution is 2.34. The number of hydrogen-bond acceptors (Lipinski definition) is 3. The Bertz CT molecular complexity index is 681. The molecule has 25 heavy (non-hydrogen) atoms. The molecule has 2 aliphatic rings. The van der Waals surface area contributed by atoms with Crippen molar-refractivity contribution in [3.05, 3.63) is 36.7 Å². The van der Waals surface area contributed by atoms with Crippen molar-refractivity contribution >= 4 is 11.8 Å². The number of rotatable bonds is 4. The Morgan fingerprint density at radius 1 is 1.36 bits per heavy atom. The summed E-state index contributed by atoms with van der Waals surface area (Å²) in [6.07, 6.45) is 4.40. The first-order valence-electron chi connectivity index (χ1n) is 8.98. The first-order chi connectivity index (χ1) is 11.9. The molecule has 0 N–H and O–H groups in total. The largest absolute Gasteiger partial charge is 0.347 e. The van der Waals surface area contributed by atoms with E-state index in [-0.39, 0.29) is 17.9 Å². The molecule has 3 rings (SSSR count). The van der Waals surface area contributed by atoms with Crippen molar-refractivity contribution in [3.8, 4) is 0 Å². The molecule has 2 aliphatic heterocycles. The molecule has 0 bridgehead atoms. The first-order valence-corrected chi connectivity index (χ1v) is 8.98. The van der Waals surface area contributed by atoms with Gasteiger partial charge in [0, 0.05) is 52.0 Å². The van der Waals surface area contributed by atoms with Crippen LogP contribution in [0.1, 0.15) is 30.8 Å². The van der Waals surface area contributed by atoms with Gasteiger partial charge in [0.05, 0.1) is 0 Å². The van der Waals surface area contributed by atoms with Crippen molar-refractivity contribution in [1.29, 1.82) is 0 Å². The predicted octanol–water partition coefficient (Wildman–Crippen LogP) is 1.35. The number of aromatic nitrogens is 1. The summed E-state index contributed by atoms with van der Waals surface area (Å²) in [5.74, 6) is 0.148. The second-order valence-corrected chi connectivity index (χ2v) is 7.34. The number of carbonyl (C=O) groups excluding carboxylic acids is 2. The van der Waals surface area contributed by atoms with E-state index in [0.29, 0.717) is 31.7 Å². The fourth-order valence-corrected chi connectivity index (χ4v) is 4.11. The smallest absolute Gasteiger partial charge is 0.270 e. The summed E-state index contributed by atoms with van der Waals surface area (Å²) in [6.45, 7) is 11.2. The summed E-state index contributed by atoms with van der Waals surface area (Å²) in [4.78, 5) is 32.2. The lowest BCUT2D eigenvalue weighted by Crippen LogP contribution is -2.68. The third-order valence-electron chi connectivity index (χ3n) is 5.55. The molecule has 1 spiro atoms. The molecule has 2 saturated heterocycles. The van der Waals surface area contributed by atoms with E-state index in [0.717, 1.165) is 13.1 Å². The minimum atomic E-state index is -0.614. The van der Waals surface area contributed by atoms with Gasteiger partial charge in [0.2, 0.25) is 5.91 Å². The average Bonchev–Trinajstić information content (AvgIpc) is 3.19. The second kappa shape index (κ2) is 6.67. The standard InChI is InChI=1S/C19H28N4O2/c1-5-9-22-12-13-23(15(2)3)18(25)19(22)8-11-21(14-19)17(24)16-7-6-10-20(16)4/h5-7,10,15H,1,8-9,11-14H2,2-4H3/t19-/m1/s1. The van der Waals surface area contributed by atoms with Gasteiger partial charge in [0.1, 0.15) is 11.2 Å². The van der Waals surface area contributed by atoms with Gasteiger partial charge in [-0.3, -0.25) is 14.5 Å². The third kappa shape index (κ3) is 2.88. The monoisotopic (exact) mass is 344 g/mol. The fraction of sp³-hybridized carbons (Fsp3) is 0.579. The highest BCUT2D eigenvalue weighted by molar-refractivity contribution is 5.95. The van der Waals surface area contributed by atoms with Gasteiger partial charge in [0.25, 0.3) is 5.91 Å². The summed E-state index contributed by atoms with van der Waals surface area (Å²) in [5, 5.41) is 0. The molecule has 3 heterocycles. The SMILES string of the molecule is C=CCN1CCN(C(C)C)C(=O)[C@]12CCN(C(=O)c1cccn1C)C2. The average molecular weight is 344 g/mol. The Kier molecular flexibility index (Phi) is 4.73. The lowest BCUT2D eigenvalue weighted by atomic mass is 9.90. The van der Waals surface area contributed by atoms with Crippen LogP contribution in [0.5, 0.6) is 0 Å². The molecule has 6 heteroatoms. The van der Waals surface area contributed by atoms with Gasteiger partial charge in [-0.2, -0.15) is 0 Å². The highest BCUT2D eigenvalue weighted by atomic mass is 16.2. The number of likely N-dealkylation sites (tertiary alicyclic amines) is 1. The van der Waals surface area contributed by atoms with Gasteiger partial charge < -0.3 is 14.4 Å². The van der Waals surface area contributed by atoms with Gasteiger partial charge in [-0.15, -0.1) is 6.58 Å². The first kappa shape index (κ1) is 17.7. The molecule has 1 atom stereocenters. The Morgan fingerprint density at radius 3 is 2.72 bits per heavy atom. The van der Waals surface area contributed by atoms with Crippen LogP contribution in [0.15, 0.2) is 31.0 Å². The Balaban J connectivity index is 1.87. The maximum absolute atomic E-state index is 13.3. The van der Waals surface area contributed by atoms with Crippen LogP contribution in [0.3, 0.4) is 0 Å². The molecular formula is C19H28N4O2. The molecule has 0 aliphatic carbocycles. The van der Waals surface area contributed by atoms with Crippen molar-refractivity contribution < 1.29 is 9.59 Å². The van der Waals surface area contributed by atoms with E-state index in [2.05, 4.69) is 25.3 Å². The van der Waals surface area contributed by atoms with Gasteiger partial charge in [-0.1, -0.05) is 6.08 Å². The van der Waals surface area contributed by atoms with Gasteiger partial charge >= 0.3 is 0 Å². The Morgan fingerprint density at radius 2 is 2.12 bits per heavy atom. The normalized spacial score (nSPS) is 24.6. The third-order valence-corrected chi connectivity index (χ3v) is 5.55. The van der Waals surface area contributed by atoms with Crippen molar-refractivity contribution in [2.24, 2.45) is 7.05 Å². The summed E-state index contributed by atoms with van der Waals surface area (Å²) in [6, 6.07) is 3.88. The topological polar surface area (TPSA) is 48.8 Å². The second-order valence-electron chi connectivity index (χ2n) is 7.34. The number of aryl methyl sites for hydroxylation is 1. The molecule has 1 aromatic heterocycles. The molecule has 0 saturated carbocycles. The Labute approximate surface area is 149 Å². The Hall–Kier alpha value is -2.08. The zero-order chi connectivity index (χ0) is 18.2. The molecule has 0 aromatic carbocycles. The van der Waals surface area contributed by atoms with Crippen molar-refractivity contribution in [1.82, 2.24) is 19.3 Å².